The molecule has 0 bridgehead atoms. The van der Waals surface area contributed by atoms with E-state index in [9.17, 15) is 9.90 Å². The highest BCUT2D eigenvalue weighted by Gasteiger charge is 2.39. The van der Waals surface area contributed by atoms with Gasteiger partial charge in [-0.1, -0.05) is 20.3 Å². The van der Waals surface area contributed by atoms with E-state index >= 15 is 0 Å². The highest BCUT2D eigenvalue weighted by atomic mass is 16.3. The van der Waals surface area contributed by atoms with E-state index in [2.05, 4.69) is 12.2 Å². The quantitative estimate of drug-likeness (QED) is 0.628. The first-order chi connectivity index (χ1) is 7.09. The zero-order valence-corrected chi connectivity index (χ0v) is 9.75. The molecule has 88 valence electrons. The Balaban J connectivity index is 2.08. The predicted octanol–water partition coefficient (Wildman–Crippen LogP) is 0.359. The molecule has 0 radical (unpaired) electrons. The first kappa shape index (κ1) is 12.5. The van der Waals surface area contributed by atoms with Crippen molar-refractivity contribution in [3.8, 4) is 0 Å². The summed E-state index contributed by atoms with van der Waals surface area (Å²) in [6, 6.07) is 0. The van der Waals surface area contributed by atoms with Crippen LogP contribution in [0.1, 0.15) is 33.1 Å². The van der Waals surface area contributed by atoms with Gasteiger partial charge >= 0.3 is 0 Å². The largest absolute Gasteiger partial charge is 0.387 e. The number of aliphatic hydroxyl groups is 1. The molecular weight excluding hydrogens is 192 g/mol. The Morgan fingerprint density at radius 3 is 2.67 bits per heavy atom. The van der Waals surface area contributed by atoms with Crippen LogP contribution in [0.15, 0.2) is 0 Å². The molecule has 0 atom stereocenters. The second kappa shape index (κ2) is 5.47. The number of β-amino-alcohol motifs (C(OH)–C–C–N with tert-alkyl or cyclic N) is 1. The smallest absolute Gasteiger partial charge is 0.234 e. The Labute approximate surface area is 91.6 Å². The Morgan fingerprint density at radius 1 is 1.47 bits per heavy atom. The molecule has 1 amide bonds. The summed E-state index contributed by atoms with van der Waals surface area (Å²) in [7, 11) is 0. The zero-order chi connectivity index (χ0) is 11.3. The molecule has 1 heterocycles. The fourth-order valence-electron chi connectivity index (χ4n) is 1.79. The van der Waals surface area contributed by atoms with Gasteiger partial charge in [-0.25, -0.2) is 0 Å². The van der Waals surface area contributed by atoms with Gasteiger partial charge in [-0.05, 0) is 12.8 Å². The number of hydrogen-bond acceptors (Lipinski definition) is 3. The molecule has 2 N–H and O–H groups in total. The minimum Gasteiger partial charge on any atom is -0.387 e. The van der Waals surface area contributed by atoms with Crippen molar-refractivity contribution in [3.63, 3.8) is 0 Å². The summed E-state index contributed by atoms with van der Waals surface area (Å²) >= 11 is 0. The molecule has 1 saturated heterocycles. The van der Waals surface area contributed by atoms with Crippen LogP contribution in [0.5, 0.6) is 0 Å². The lowest BCUT2D eigenvalue weighted by atomic mass is 9.91. The van der Waals surface area contributed by atoms with E-state index in [1.54, 1.807) is 0 Å². The van der Waals surface area contributed by atoms with Crippen LogP contribution < -0.4 is 5.32 Å². The zero-order valence-electron chi connectivity index (χ0n) is 9.75. The average Bonchev–Trinajstić information content (AvgIpc) is 2.15. The number of amides is 1. The van der Waals surface area contributed by atoms with Crippen molar-refractivity contribution in [1.82, 2.24) is 10.2 Å². The number of unbranched alkanes of at least 4 members (excludes halogenated alkanes) is 1. The maximum absolute atomic E-state index is 11.4. The standard InChI is InChI=1S/C11H22N2O2/c1-3-5-6-12-10(14)7-13-8-11(15,4-2)9-13/h15H,3-9H2,1-2H3,(H,12,14). The number of carbonyl (C=O) groups excluding carboxylic acids is 1. The fourth-order valence-corrected chi connectivity index (χ4v) is 1.79. The van der Waals surface area contributed by atoms with Gasteiger partial charge < -0.3 is 10.4 Å². The van der Waals surface area contributed by atoms with Crippen LogP contribution in [0, 0.1) is 0 Å². The van der Waals surface area contributed by atoms with Crippen LogP contribution in [0.2, 0.25) is 0 Å². The summed E-state index contributed by atoms with van der Waals surface area (Å²) < 4.78 is 0. The minimum atomic E-state index is -0.538. The normalized spacial score (nSPS) is 19.7. The molecule has 1 aliphatic rings. The SMILES string of the molecule is CCCCNC(=O)CN1CC(O)(CC)C1. The van der Waals surface area contributed by atoms with Crippen molar-refractivity contribution in [2.45, 2.75) is 38.7 Å². The van der Waals surface area contributed by atoms with E-state index in [4.69, 9.17) is 0 Å². The Hall–Kier alpha value is -0.610. The average molecular weight is 214 g/mol. The molecule has 0 aromatic carbocycles. The van der Waals surface area contributed by atoms with Gasteiger partial charge in [-0.15, -0.1) is 0 Å². The van der Waals surface area contributed by atoms with Gasteiger partial charge in [0.1, 0.15) is 0 Å². The van der Waals surface area contributed by atoms with Crippen LogP contribution in [-0.4, -0.2) is 47.7 Å². The Kier molecular flexibility index (Phi) is 4.54. The number of hydrogen-bond donors (Lipinski definition) is 2. The molecule has 0 aromatic heterocycles. The van der Waals surface area contributed by atoms with E-state index < -0.39 is 5.60 Å². The number of rotatable bonds is 6. The maximum Gasteiger partial charge on any atom is 0.234 e. The third-order valence-corrected chi connectivity index (χ3v) is 2.91. The first-order valence-corrected chi connectivity index (χ1v) is 5.81. The third kappa shape index (κ3) is 3.80. The van der Waals surface area contributed by atoms with E-state index in [1.807, 2.05) is 11.8 Å². The predicted molar refractivity (Wildman–Crippen MR) is 59.6 cm³/mol. The van der Waals surface area contributed by atoms with Gasteiger partial charge in [0.15, 0.2) is 0 Å². The molecule has 0 saturated carbocycles. The lowest BCUT2D eigenvalue weighted by Gasteiger charge is -2.45. The molecule has 0 aliphatic carbocycles. The summed E-state index contributed by atoms with van der Waals surface area (Å²) in [5.74, 6) is 0.0709. The van der Waals surface area contributed by atoms with Crippen LogP contribution >= 0.6 is 0 Å². The van der Waals surface area contributed by atoms with Crippen molar-refractivity contribution in [2.24, 2.45) is 0 Å². The summed E-state index contributed by atoms with van der Waals surface area (Å²) in [5, 5.41) is 12.6. The molecule has 1 rings (SSSR count). The molecule has 0 aromatic rings. The van der Waals surface area contributed by atoms with Gasteiger partial charge in [0.05, 0.1) is 12.1 Å². The number of likely N-dealkylation sites (tertiary alicyclic amines) is 1. The van der Waals surface area contributed by atoms with Crippen LogP contribution in [0.4, 0.5) is 0 Å². The van der Waals surface area contributed by atoms with Gasteiger partial charge in [-0.3, -0.25) is 9.69 Å². The van der Waals surface area contributed by atoms with E-state index in [1.165, 1.54) is 0 Å². The number of nitrogens with one attached hydrogen (secondary N) is 1. The highest BCUT2D eigenvalue weighted by molar-refractivity contribution is 5.78. The maximum atomic E-state index is 11.4. The monoisotopic (exact) mass is 214 g/mol. The summed E-state index contributed by atoms with van der Waals surface area (Å²) in [5.41, 5.74) is -0.538. The van der Waals surface area contributed by atoms with Crippen LogP contribution in [0.3, 0.4) is 0 Å². The van der Waals surface area contributed by atoms with Gasteiger partial charge in [-0.2, -0.15) is 0 Å². The number of nitrogens with zero attached hydrogens (tertiary/aromatic N) is 1. The topological polar surface area (TPSA) is 52.6 Å². The van der Waals surface area contributed by atoms with E-state index in [0.29, 0.717) is 19.6 Å². The second-order valence-electron chi connectivity index (χ2n) is 4.43. The molecule has 15 heavy (non-hydrogen) atoms. The van der Waals surface area contributed by atoms with Crippen molar-refractivity contribution >= 4 is 5.91 Å². The van der Waals surface area contributed by atoms with E-state index in [-0.39, 0.29) is 5.91 Å². The van der Waals surface area contributed by atoms with Crippen molar-refractivity contribution in [2.75, 3.05) is 26.2 Å². The van der Waals surface area contributed by atoms with Gasteiger partial charge in [0.2, 0.25) is 5.91 Å². The summed E-state index contributed by atoms with van der Waals surface area (Å²) in [4.78, 5) is 13.4. The lowest BCUT2D eigenvalue weighted by Crippen LogP contribution is -2.63. The van der Waals surface area contributed by atoms with Crippen molar-refractivity contribution in [1.29, 1.82) is 0 Å². The molecule has 0 unspecified atom stereocenters. The van der Waals surface area contributed by atoms with Crippen molar-refractivity contribution < 1.29 is 9.90 Å². The molecule has 4 nitrogen and oxygen atoms in total. The molecule has 1 fully saturated rings. The minimum absolute atomic E-state index is 0.0709. The van der Waals surface area contributed by atoms with Gasteiger partial charge in [0, 0.05) is 19.6 Å². The Morgan fingerprint density at radius 2 is 2.13 bits per heavy atom. The molecule has 4 heteroatoms. The molecule has 0 spiro atoms. The second-order valence-corrected chi connectivity index (χ2v) is 4.43. The highest BCUT2D eigenvalue weighted by Crippen LogP contribution is 2.23. The van der Waals surface area contributed by atoms with Gasteiger partial charge in [0.25, 0.3) is 0 Å². The Bertz CT molecular complexity index is 213. The first-order valence-electron chi connectivity index (χ1n) is 5.81. The van der Waals surface area contributed by atoms with E-state index in [0.717, 1.165) is 25.8 Å². The summed E-state index contributed by atoms with van der Waals surface area (Å²) in [6.45, 7) is 6.52. The van der Waals surface area contributed by atoms with Crippen molar-refractivity contribution in [3.05, 3.63) is 0 Å². The molecule has 1 aliphatic heterocycles. The van der Waals surface area contributed by atoms with Crippen LogP contribution in [0.25, 0.3) is 0 Å². The molecular formula is C11H22N2O2. The summed E-state index contributed by atoms with van der Waals surface area (Å²) in [6.07, 6.45) is 2.89. The lowest BCUT2D eigenvalue weighted by molar-refractivity contribution is -0.132. The fraction of sp³-hybridized carbons (Fsp3) is 0.909. The third-order valence-electron chi connectivity index (χ3n) is 2.91. The number of carbonyl (C=O) groups is 1. The van der Waals surface area contributed by atoms with Crippen LogP contribution in [-0.2, 0) is 4.79 Å².